The molecular formula is C46H40N6O2. The zero-order valence-electron chi connectivity index (χ0n) is 31.2. The number of carbonyl (C=O) groups excluding carboxylic acids is 2. The zero-order chi connectivity index (χ0) is 37.7. The van der Waals surface area contributed by atoms with E-state index < -0.39 is 0 Å². The van der Waals surface area contributed by atoms with E-state index in [0.29, 0.717) is 33.9 Å². The Morgan fingerprint density at radius 2 is 0.796 bits per heavy atom. The molecule has 2 aromatic heterocycles. The summed E-state index contributed by atoms with van der Waals surface area (Å²) in [5.41, 5.74) is 13.2. The summed E-state index contributed by atoms with van der Waals surface area (Å²) in [6.45, 7) is 8.41. The third-order valence-electron chi connectivity index (χ3n) is 10.5. The molecule has 2 amide bonds. The average Bonchev–Trinajstić information content (AvgIpc) is 3.60. The number of rotatable bonds is 8. The molecule has 54 heavy (non-hydrogen) atoms. The predicted molar refractivity (Wildman–Crippen MR) is 216 cm³/mol. The Kier molecular flexibility index (Phi) is 8.66. The van der Waals surface area contributed by atoms with E-state index in [9.17, 15) is 9.59 Å². The fourth-order valence-electron chi connectivity index (χ4n) is 7.22. The van der Waals surface area contributed by atoms with Crippen molar-refractivity contribution in [2.45, 2.75) is 27.7 Å². The number of aromatic nitrogens is 2. The lowest BCUT2D eigenvalue weighted by Gasteiger charge is -2.26. The molecule has 8 heteroatoms. The first kappa shape index (κ1) is 34.3. The average molecular weight is 709 g/mol. The van der Waals surface area contributed by atoms with Gasteiger partial charge in [0.2, 0.25) is 0 Å². The summed E-state index contributed by atoms with van der Waals surface area (Å²) < 4.78 is 0. The van der Waals surface area contributed by atoms with Crippen LogP contribution in [0.5, 0.6) is 0 Å². The minimum absolute atomic E-state index is 0.272. The first-order valence-electron chi connectivity index (χ1n) is 17.9. The molecule has 0 atom stereocenters. The summed E-state index contributed by atoms with van der Waals surface area (Å²) in [5, 5.41) is 0. The van der Waals surface area contributed by atoms with E-state index in [1.807, 2.05) is 60.7 Å². The molecule has 2 aliphatic rings. The van der Waals surface area contributed by atoms with Crippen LogP contribution in [0.15, 0.2) is 145 Å². The fraction of sp³-hybridized carbons (Fsp3) is 0.130. The van der Waals surface area contributed by atoms with Crippen LogP contribution in [0.4, 0.5) is 34.1 Å². The number of amides is 2. The Morgan fingerprint density at radius 1 is 0.426 bits per heavy atom. The molecule has 0 radical (unpaired) electrons. The molecule has 4 heterocycles. The van der Waals surface area contributed by atoms with Crippen molar-refractivity contribution in [1.29, 1.82) is 0 Å². The maximum atomic E-state index is 14.0. The highest BCUT2D eigenvalue weighted by Gasteiger charge is 2.47. The number of nitrogens with zero attached hydrogens (tertiary/aromatic N) is 6. The number of pyridine rings is 2. The highest BCUT2D eigenvalue weighted by atomic mass is 16.2. The van der Waals surface area contributed by atoms with Gasteiger partial charge in [0.05, 0.1) is 57.7 Å². The van der Waals surface area contributed by atoms with Crippen LogP contribution in [-0.2, 0) is 9.59 Å². The maximum absolute atomic E-state index is 14.0. The van der Waals surface area contributed by atoms with Crippen molar-refractivity contribution in [1.82, 2.24) is 19.8 Å². The number of hydrogen-bond donors (Lipinski definition) is 0. The second-order valence-corrected chi connectivity index (χ2v) is 13.9. The number of anilines is 6. The Morgan fingerprint density at radius 3 is 1.13 bits per heavy atom. The first-order valence-corrected chi connectivity index (χ1v) is 17.9. The van der Waals surface area contributed by atoms with Gasteiger partial charge in [-0.1, -0.05) is 48.5 Å². The lowest BCUT2D eigenvalue weighted by molar-refractivity contribution is -0.123. The Balaban J connectivity index is 1.18. The molecule has 0 saturated heterocycles. The van der Waals surface area contributed by atoms with Crippen molar-refractivity contribution < 1.29 is 9.59 Å². The first-order chi connectivity index (χ1) is 26.1. The summed E-state index contributed by atoms with van der Waals surface area (Å²) in [4.78, 5) is 45.2. The molecular weight excluding hydrogens is 669 g/mol. The van der Waals surface area contributed by atoms with Crippen LogP contribution in [0, 0.1) is 27.7 Å². The molecule has 0 bridgehead atoms. The summed E-state index contributed by atoms with van der Waals surface area (Å²) >= 11 is 0. The molecule has 4 aromatic carbocycles. The van der Waals surface area contributed by atoms with Gasteiger partial charge in [0.1, 0.15) is 0 Å². The van der Waals surface area contributed by atoms with Crippen molar-refractivity contribution in [3.8, 4) is 0 Å². The monoisotopic (exact) mass is 708 g/mol. The molecule has 0 aliphatic carbocycles. The number of likely N-dealkylation sites (N-methyl/N-ethyl adjacent to an activating group) is 2. The maximum Gasteiger partial charge on any atom is 0.261 e. The van der Waals surface area contributed by atoms with Gasteiger partial charge in [-0.25, -0.2) is 0 Å². The van der Waals surface area contributed by atoms with E-state index in [-0.39, 0.29) is 11.8 Å². The quantitative estimate of drug-likeness (QED) is 0.157. The van der Waals surface area contributed by atoms with Gasteiger partial charge in [0, 0.05) is 36.8 Å². The standard InChI is InChI=1S/C46H40N6O2/c1-29-17-19-35(25-31(29)3)51(33-13-9-7-10-14-33)37-21-23-39(47-27-37)43-41-42(46(54)49(43)5)44(50(6)45(41)53)40-24-22-38(28-48-40)52(34-15-11-8-12-16-34)36-20-18-30(2)32(4)26-36/h7-28H,1-6H3. The topological polar surface area (TPSA) is 72.9 Å². The molecule has 2 aliphatic heterocycles. The summed E-state index contributed by atoms with van der Waals surface area (Å²) in [6, 6.07) is 40.8. The molecule has 0 N–H and O–H groups in total. The minimum Gasteiger partial charge on any atom is -0.309 e. The molecule has 8 nitrogen and oxygen atoms in total. The summed E-state index contributed by atoms with van der Waals surface area (Å²) in [5.74, 6) is -0.543. The lowest BCUT2D eigenvalue weighted by Crippen LogP contribution is -2.25. The minimum atomic E-state index is -0.272. The van der Waals surface area contributed by atoms with Crippen molar-refractivity contribution in [3.63, 3.8) is 0 Å². The van der Waals surface area contributed by atoms with Gasteiger partial charge in [-0.15, -0.1) is 0 Å². The van der Waals surface area contributed by atoms with Crippen LogP contribution in [0.2, 0.25) is 0 Å². The second-order valence-electron chi connectivity index (χ2n) is 13.9. The Hall–Kier alpha value is -6.80. The van der Waals surface area contributed by atoms with Gasteiger partial charge in [0.25, 0.3) is 11.8 Å². The predicted octanol–water partition coefficient (Wildman–Crippen LogP) is 9.72. The van der Waals surface area contributed by atoms with E-state index in [0.717, 1.165) is 34.1 Å². The van der Waals surface area contributed by atoms with Gasteiger partial charge in [-0.2, -0.15) is 0 Å². The van der Waals surface area contributed by atoms with Gasteiger partial charge >= 0.3 is 0 Å². The molecule has 0 spiro atoms. The van der Waals surface area contributed by atoms with Crippen molar-refractivity contribution >= 4 is 57.3 Å². The second kappa shape index (κ2) is 13.6. The van der Waals surface area contributed by atoms with Crippen LogP contribution in [-0.4, -0.2) is 45.7 Å². The Labute approximate surface area is 316 Å². The van der Waals surface area contributed by atoms with Crippen molar-refractivity contribution in [2.75, 3.05) is 23.9 Å². The molecule has 0 fully saturated rings. The van der Waals surface area contributed by atoms with Crippen molar-refractivity contribution in [3.05, 3.63) is 179 Å². The van der Waals surface area contributed by atoms with Gasteiger partial charge < -0.3 is 19.6 Å². The normalized spacial score (nSPS) is 14.0. The number of fused-ring (bicyclic) bond motifs is 1. The molecule has 0 unspecified atom stereocenters. The highest BCUT2D eigenvalue weighted by Crippen LogP contribution is 2.45. The van der Waals surface area contributed by atoms with E-state index in [1.165, 1.54) is 32.1 Å². The third-order valence-corrected chi connectivity index (χ3v) is 10.5. The van der Waals surface area contributed by atoms with Crippen LogP contribution < -0.4 is 9.80 Å². The van der Waals surface area contributed by atoms with Crippen LogP contribution >= 0.6 is 0 Å². The van der Waals surface area contributed by atoms with E-state index in [4.69, 9.17) is 9.97 Å². The lowest BCUT2D eigenvalue weighted by atomic mass is 10.0. The SMILES string of the molecule is Cc1ccc(N(c2ccccc2)c2ccc(C3=C4C(=O)N(C)C(c5ccc(N(c6ccccc6)c6ccc(C)c(C)c6)cn5)=C4C(=O)N3C)nc2)cc1C. The highest BCUT2D eigenvalue weighted by molar-refractivity contribution is 6.29. The van der Waals surface area contributed by atoms with Crippen LogP contribution in [0.25, 0.3) is 11.4 Å². The Bertz CT molecular complexity index is 2310. The smallest absolute Gasteiger partial charge is 0.261 e. The van der Waals surface area contributed by atoms with Gasteiger partial charge in [-0.3, -0.25) is 19.6 Å². The number of benzene rings is 4. The third kappa shape index (κ3) is 5.82. The molecule has 6 aromatic rings. The summed E-state index contributed by atoms with van der Waals surface area (Å²) in [7, 11) is 3.39. The van der Waals surface area contributed by atoms with Crippen molar-refractivity contribution in [2.24, 2.45) is 0 Å². The number of para-hydroxylation sites is 2. The van der Waals surface area contributed by atoms with Crippen LogP contribution in [0.1, 0.15) is 33.6 Å². The summed E-state index contributed by atoms with van der Waals surface area (Å²) in [6.07, 6.45) is 3.59. The van der Waals surface area contributed by atoms with E-state index in [2.05, 4.69) is 98.2 Å². The number of carbonyl (C=O) groups is 2. The number of aryl methyl sites for hydroxylation is 4. The van der Waals surface area contributed by atoms with E-state index >= 15 is 0 Å². The van der Waals surface area contributed by atoms with E-state index in [1.54, 1.807) is 26.5 Å². The fourth-order valence-corrected chi connectivity index (χ4v) is 7.22. The largest absolute Gasteiger partial charge is 0.309 e. The number of hydrogen-bond acceptors (Lipinski definition) is 6. The molecule has 266 valence electrons. The zero-order valence-corrected chi connectivity index (χ0v) is 31.2. The molecule has 0 saturated carbocycles. The van der Waals surface area contributed by atoms with Crippen LogP contribution in [0.3, 0.4) is 0 Å². The van der Waals surface area contributed by atoms with Gasteiger partial charge in [0.15, 0.2) is 0 Å². The van der Waals surface area contributed by atoms with Gasteiger partial charge in [-0.05, 0) is 123 Å². The molecule has 8 rings (SSSR count).